The number of aliphatic hydroxyl groups is 1. The van der Waals surface area contributed by atoms with Crippen molar-refractivity contribution < 1.29 is 9.84 Å². The summed E-state index contributed by atoms with van der Waals surface area (Å²) in [4.78, 5) is 4.17. The predicted octanol–water partition coefficient (Wildman–Crippen LogP) is 1.80. The Labute approximate surface area is 91.1 Å². The van der Waals surface area contributed by atoms with E-state index < -0.39 is 0 Å². The lowest BCUT2D eigenvalue weighted by Gasteiger charge is -2.13. The van der Waals surface area contributed by atoms with Crippen molar-refractivity contribution in [3.63, 3.8) is 0 Å². The minimum atomic E-state index is -0.322. The van der Waals surface area contributed by atoms with E-state index in [9.17, 15) is 5.11 Å². The van der Waals surface area contributed by atoms with Crippen LogP contribution < -0.4 is 0 Å². The summed E-state index contributed by atoms with van der Waals surface area (Å²) in [7, 11) is 1.69. The molecule has 0 bridgehead atoms. The topological polar surface area (TPSA) is 42.4 Å². The van der Waals surface area contributed by atoms with Gasteiger partial charge < -0.3 is 9.84 Å². The number of rotatable bonds is 6. The highest BCUT2D eigenvalue weighted by atomic mass is 16.5. The molecular formula is C12H19NO2. The van der Waals surface area contributed by atoms with Gasteiger partial charge in [0.05, 0.1) is 12.2 Å². The highest BCUT2D eigenvalue weighted by Crippen LogP contribution is 2.08. The maximum Gasteiger partial charge on any atom is 0.0596 e. The summed E-state index contributed by atoms with van der Waals surface area (Å²) in [5.74, 6) is 0. The van der Waals surface area contributed by atoms with Gasteiger partial charge in [-0.05, 0) is 31.9 Å². The zero-order valence-electron chi connectivity index (χ0n) is 9.39. The Balaban J connectivity index is 2.27. The molecular weight excluding hydrogens is 190 g/mol. The molecule has 1 N–H and O–H groups in total. The molecule has 0 aliphatic carbocycles. The monoisotopic (exact) mass is 209 g/mol. The van der Waals surface area contributed by atoms with Gasteiger partial charge in [0.2, 0.25) is 0 Å². The first-order valence-corrected chi connectivity index (χ1v) is 5.33. The maximum atomic E-state index is 9.75. The second kappa shape index (κ2) is 6.53. The second-order valence-electron chi connectivity index (χ2n) is 3.80. The Morgan fingerprint density at radius 1 is 1.40 bits per heavy atom. The summed E-state index contributed by atoms with van der Waals surface area (Å²) in [6.45, 7) is 2.01. The van der Waals surface area contributed by atoms with E-state index >= 15 is 0 Å². The van der Waals surface area contributed by atoms with Gasteiger partial charge in [0, 0.05) is 25.4 Å². The minimum absolute atomic E-state index is 0.211. The highest BCUT2D eigenvalue weighted by Gasteiger charge is 2.08. The van der Waals surface area contributed by atoms with E-state index in [2.05, 4.69) is 4.98 Å². The quantitative estimate of drug-likeness (QED) is 0.776. The number of hydrogen-bond acceptors (Lipinski definition) is 3. The normalized spacial score (nSPS) is 14.9. The fourth-order valence-electron chi connectivity index (χ4n) is 1.41. The summed E-state index contributed by atoms with van der Waals surface area (Å²) in [5.41, 5.74) is 0.940. The van der Waals surface area contributed by atoms with E-state index in [1.54, 1.807) is 13.3 Å². The van der Waals surface area contributed by atoms with E-state index in [1.807, 2.05) is 25.1 Å². The molecule has 1 aromatic rings. The standard InChI is InChI=1S/C12H19NO2/c1-10(15-2)6-7-12(14)9-11-5-3-4-8-13-11/h3-5,8,10,12,14H,6-7,9H2,1-2H3. The molecule has 2 atom stereocenters. The van der Waals surface area contributed by atoms with E-state index in [4.69, 9.17) is 4.74 Å². The third kappa shape index (κ3) is 4.91. The molecule has 0 spiro atoms. The molecule has 3 nitrogen and oxygen atoms in total. The van der Waals surface area contributed by atoms with Crippen LogP contribution in [0.15, 0.2) is 24.4 Å². The molecule has 0 aliphatic rings. The first-order chi connectivity index (χ1) is 7.22. The largest absolute Gasteiger partial charge is 0.393 e. The average molecular weight is 209 g/mol. The summed E-state index contributed by atoms with van der Waals surface area (Å²) in [5, 5.41) is 9.75. The second-order valence-corrected chi connectivity index (χ2v) is 3.80. The van der Waals surface area contributed by atoms with Gasteiger partial charge in [-0.25, -0.2) is 0 Å². The molecule has 0 saturated carbocycles. The lowest BCUT2D eigenvalue weighted by atomic mass is 10.1. The SMILES string of the molecule is COC(C)CCC(O)Cc1ccccn1. The molecule has 1 rings (SSSR count). The molecule has 0 aliphatic heterocycles. The fraction of sp³-hybridized carbons (Fsp3) is 0.583. The number of nitrogens with zero attached hydrogens (tertiary/aromatic N) is 1. The van der Waals surface area contributed by atoms with Crippen LogP contribution in [0.5, 0.6) is 0 Å². The van der Waals surface area contributed by atoms with Crippen LogP contribution >= 0.6 is 0 Å². The Hall–Kier alpha value is -0.930. The van der Waals surface area contributed by atoms with Crippen molar-refractivity contribution in [2.75, 3.05) is 7.11 Å². The van der Waals surface area contributed by atoms with Crippen molar-refractivity contribution in [2.45, 2.75) is 38.4 Å². The molecule has 15 heavy (non-hydrogen) atoms. The van der Waals surface area contributed by atoms with Crippen molar-refractivity contribution in [3.8, 4) is 0 Å². The average Bonchev–Trinajstić information content (AvgIpc) is 2.27. The summed E-state index contributed by atoms with van der Waals surface area (Å²) < 4.78 is 5.12. The molecule has 1 heterocycles. The Morgan fingerprint density at radius 2 is 2.20 bits per heavy atom. The molecule has 1 aromatic heterocycles. The van der Waals surface area contributed by atoms with Gasteiger partial charge in [-0.1, -0.05) is 6.07 Å². The molecule has 0 amide bonds. The lowest BCUT2D eigenvalue weighted by molar-refractivity contribution is 0.0849. The van der Waals surface area contributed by atoms with Gasteiger partial charge >= 0.3 is 0 Å². The van der Waals surface area contributed by atoms with E-state index in [0.717, 1.165) is 18.5 Å². The first-order valence-electron chi connectivity index (χ1n) is 5.33. The van der Waals surface area contributed by atoms with Crippen molar-refractivity contribution in [1.29, 1.82) is 0 Å². The number of aromatic nitrogens is 1. The third-order valence-electron chi connectivity index (χ3n) is 2.48. The predicted molar refractivity (Wildman–Crippen MR) is 59.7 cm³/mol. The van der Waals surface area contributed by atoms with Crippen molar-refractivity contribution in [1.82, 2.24) is 4.98 Å². The molecule has 0 saturated heterocycles. The summed E-state index contributed by atoms with van der Waals surface area (Å²) in [6.07, 6.45) is 3.90. The fourth-order valence-corrected chi connectivity index (χ4v) is 1.41. The Bertz CT molecular complexity index is 264. The first kappa shape index (κ1) is 12.1. The van der Waals surface area contributed by atoms with Gasteiger partial charge in [-0.15, -0.1) is 0 Å². The van der Waals surface area contributed by atoms with Gasteiger partial charge in [0.1, 0.15) is 0 Å². The van der Waals surface area contributed by atoms with Crippen LogP contribution in [0.1, 0.15) is 25.5 Å². The molecule has 0 aromatic carbocycles. The highest BCUT2D eigenvalue weighted by molar-refractivity contribution is 5.04. The van der Waals surface area contributed by atoms with Crippen LogP contribution in [-0.2, 0) is 11.2 Å². The van der Waals surface area contributed by atoms with Gasteiger partial charge in [0.15, 0.2) is 0 Å². The summed E-state index contributed by atoms with van der Waals surface area (Å²) >= 11 is 0. The zero-order chi connectivity index (χ0) is 11.1. The number of ether oxygens (including phenoxy) is 1. The van der Waals surface area contributed by atoms with Crippen molar-refractivity contribution in [2.24, 2.45) is 0 Å². The Morgan fingerprint density at radius 3 is 2.80 bits per heavy atom. The van der Waals surface area contributed by atoms with Crippen molar-refractivity contribution >= 4 is 0 Å². The van der Waals surface area contributed by atoms with Gasteiger partial charge in [0.25, 0.3) is 0 Å². The van der Waals surface area contributed by atoms with Crippen LogP contribution in [0.3, 0.4) is 0 Å². The maximum absolute atomic E-state index is 9.75. The van der Waals surface area contributed by atoms with Crippen LogP contribution in [0.2, 0.25) is 0 Å². The number of aliphatic hydroxyl groups excluding tert-OH is 1. The molecule has 3 heteroatoms. The molecule has 0 radical (unpaired) electrons. The third-order valence-corrected chi connectivity index (χ3v) is 2.48. The molecule has 84 valence electrons. The van der Waals surface area contributed by atoms with Gasteiger partial charge in [-0.2, -0.15) is 0 Å². The van der Waals surface area contributed by atoms with E-state index in [0.29, 0.717) is 6.42 Å². The van der Waals surface area contributed by atoms with E-state index in [1.165, 1.54) is 0 Å². The smallest absolute Gasteiger partial charge is 0.0596 e. The van der Waals surface area contributed by atoms with Crippen LogP contribution in [0, 0.1) is 0 Å². The minimum Gasteiger partial charge on any atom is -0.393 e. The van der Waals surface area contributed by atoms with Crippen LogP contribution in [0.4, 0.5) is 0 Å². The van der Waals surface area contributed by atoms with Gasteiger partial charge in [-0.3, -0.25) is 4.98 Å². The number of hydrogen-bond donors (Lipinski definition) is 1. The molecule has 2 unspecified atom stereocenters. The number of methoxy groups -OCH3 is 1. The van der Waals surface area contributed by atoms with Crippen LogP contribution in [0.25, 0.3) is 0 Å². The number of pyridine rings is 1. The van der Waals surface area contributed by atoms with Crippen LogP contribution in [-0.4, -0.2) is 29.4 Å². The molecule has 0 fully saturated rings. The van der Waals surface area contributed by atoms with Crippen molar-refractivity contribution in [3.05, 3.63) is 30.1 Å². The summed E-state index contributed by atoms with van der Waals surface area (Å²) in [6, 6.07) is 5.75. The van der Waals surface area contributed by atoms with E-state index in [-0.39, 0.29) is 12.2 Å². The Kier molecular flexibility index (Phi) is 5.29. The lowest BCUT2D eigenvalue weighted by Crippen LogP contribution is -2.15. The zero-order valence-corrected chi connectivity index (χ0v) is 9.39.